The maximum Gasteiger partial charge on any atom is 0.416 e. The molecule has 1 saturated heterocycles. The molecule has 1 fully saturated rings. The van der Waals surface area contributed by atoms with E-state index in [-0.39, 0.29) is 17.5 Å². The third kappa shape index (κ3) is 9.34. The summed E-state index contributed by atoms with van der Waals surface area (Å²) in [5, 5.41) is 3.06. The molecule has 3 rings (SSSR count). The van der Waals surface area contributed by atoms with Gasteiger partial charge in [0, 0.05) is 32.7 Å². The monoisotopic (exact) mass is 532 g/mol. The zero-order valence-electron chi connectivity index (χ0n) is 21.4. The van der Waals surface area contributed by atoms with Crippen LogP contribution in [0.3, 0.4) is 0 Å². The quantitative estimate of drug-likeness (QED) is 0.401. The number of carbonyl (C=O) groups excluding carboxylic acids is 1. The first-order valence-corrected chi connectivity index (χ1v) is 12.1. The van der Waals surface area contributed by atoms with Crippen LogP contribution in [0, 0.1) is 0 Å². The highest BCUT2D eigenvalue weighted by molar-refractivity contribution is 5.73. The van der Waals surface area contributed by atoms with E-state index in [2.05, 4.69) is 47.5 Å². The SMILES string of the molecule is CCCN1C[C@@H](NC(C)=O)CC[C@H]1c1ccccc1.CO[C@H](C)c1cc(C(F)(F)F)cc(C(F)(F)F)c1. The summed E-state index contributed by atoms with van der Waals surface area (Å²) < 4.78 is 79.7. The predicted octanol–water partition coefficient (Wildman–Crippen LogP) is 7.17. The molecule has 4 nitrogen and oxygen atoms in total. The van der Waals surface area contributed by atoms with Gasteiger partial charge in [-0.1, -0.05) is 37.3 Å². The number of nitrogens with zero attached hydrogens (tertiary/aromatic N) is 1. The molecule has 1 aliphatic rings. The second-order valence-corrected chi connectivity index (χ2v) is 9.11. The van der Waals surface area contributed by atoms with Crippen LogP contribution in [-0.4, -0.2) is 37.0 Å². The van der Waals surface area contributed by atoms with Crippen molar-refractivity contribution in [2.24, 2.45) is 0 Å². The van der Waals surface area contributed by atoms with Crippen LogP contribution in [-0.2, 0) is 21.9 Å². The van der Waals surface area contributed by atoms with Crippen LogP contribution < -0.4 is 5.32 Å². The normalized spacial score (nSPS) is 19.5. The number of hydrogen-bond donors (Lipinski definition) is 1. The number of alkyl halides is 6. The summed E-state index contributed by atoms with van der Waals surface area (Å²) >= 11 is 0. The average molecular weight is 533 g/mol. The Labute approximate surface area is 214 Å². The topological polar surface area (TPSA) is 41.6 Å². The summed E-state index contributed by atoms with van der Waals surface area (Å²) in [6.45, 7) is 7.25. The van der Waals surface area contributed by atoms with Crippen molar-refractivity contribution in [3.05, 3.63) is 70.8 Å². The number of carbonyl (C=O) groups is 1. The van der Waals surface area contributed by atoms with E-state index in [1.807, 2.05) is 0 Å². The smallest absolute Gasteiger partial charge is 0.377 e. The summed E-state index contributed by atoms with van der Waals surface area (Å²) in [5.74, 6) is 0.0830. The Hall–Kier alpha value is -2.59. The van der Waals surface area contributed by atoms with E-state index < -0.39 is 29.6 Å². The van der Waals surface area contributed by atoms with Gasteiger partial charge in [0.25, 0.3) is 0 Å². The first-order chi connectivity index (χ1) is 17.3. The summed E-state index contributed by atoms with van der Waals surface area (Å²) in [6.07, 6.45) is -7.18. The Morgan fingerprint density at radius 1 is 1.03 bits per heavy atom. The van der Waals surface area contributed by atoms with E-state index in [1.54, 1.807) is 6.92 Å². The predicted molar refractivity (Wildman–Crippen MR) is 130 cm³/mol. The highest BCUT2D eigenvalue weighted by atomic mass is 19.4. The highest BCUT2D eigenvalue weighted by Crippen LogP contribution is 2.37. The van der Waals surface area contributed by atoms with Crippen LogP contribution in [0.15, 0.2) is 48.5 Å². The molecule has 10 heteroatoms. The average Bonchev–Trinajstić information content (AvgIpc) is 2.83. The Balaban J connectivity index is 0.000000261. The Morgan fingerprint density at radius 3 is 2.05 bits per heavy atom. The van der Waals surface area contributed by atoms with Gasteiger partial charge in [0.15, 0.2) is 0 Å². The minimum Gasteiger partial charge on any atom is -0.377 e. The van der Waals surface area contributed by atoms with Gasteiger partial charge in [-0.25, -0.2) is 0 Å². The lowest BCUT2D eigenvalue weighted by molar-refractivity contribution is -0.143. The zero-order chi connectivity index (χ0) is 27.8. The van der Waals surface area contributed by atoms with Gasteiger partial charge in [-0.2, -0.15) is 26.3 Å². The molecule has 1 aliphatic heterocycles. The molecule has 1 heterocycles. The molecule has 0 saturated carbocycles. The first kappa shape index (κ1) is 30.6. The molecule has 1 N–H and O–H groups in total. The van der Waals surface area contributed by atoms with Crippen molar-refractivity contribution >= 4 is 5.91 Å². The van der Waals surface area contributed by atoms with Crippen LogP contribution in [0.25, 0.3) is 0 Å². The maximum absolute atomic E-state index is 12.5. The number of likely N-dealkylation sites (tertiary alicyclic amines) is 1. The fraction of sp³-hybridized carbons (Fsp3) is 0.519. The van der Waals surface area contributed by atoms with Crippen LogP contribution in [0.2, 0.25) is 0 Å². The third-order valence-electron chi connectivity index (χ3n) is 6.22. The number of hydrogen-bond acceptors (Lipinski definition) is 3. The van der Waals surface area contributed by atoms with E-state index in [9.17, 15) is 31.1 Å². The standard InChI is InChI=1S/C16H24N2O.C11H10F6O/c1-3-11-18-12-15(17-13(2)19)9-10-16(18)14-7-5-4-6-8-14;1-6(18-2)7-3-8(10(12,13)14)5-9(4-7)11(15,16)17/h4-8,15-16H,3,9-12H2,1-2H3,(H,17,19);3-6H,1-2H3/t15-,16-;6-/m01/s1. The second-order valence-electron chi connectivity index (χ2n) is 9.11. The Morgan fingerprint density at radius 2 is 1.59 bits per heavy atom. The molecule has 0 aromatic heterocycles. The van der Waals surface area contributed by atoms with Gasteiger partial charge in [-0.15, -0.1) is 0 Å². The van der Waals surface area contributed by atoms with E-state index in [4.69, 9.17) is 4.74 Å². The summed E-state index contributed by atoms with van der Waals surface area (Å²) in [4.78, 5) is 13.7. The molecule has 2 aromatic rings. The second kappa shape index (κ2) is 13.3. The largest absolute Gasteiger partial charge is 0.416 e. The lowest BCUT2D eigenvalue weighted by Gasteiger charge is -2.40. The van der Waals surface area contributed by atoms with Crippen molar-refractivity contribution in [3.63, 3.8) is 0 Å². The molecule has 0 aliphatic carbocycles. The molecular formula is C27H34F6N2O2. The van der Waals surface area contributed by atoms with Crippen molar-refractivity contribution in [2.45, 2.75) is 70.6 Å². The molecule has 0 spiro atoms. The van der Waals surface area contributed by atoms with Gasteiger partial charge in [-0.3, -0.25) is 9.69 Å². The van der Waals surface area contributed by atoms with Crippen LogP contribution in [0.1, 0.15) is 74.4 Å². The number of benzene rings is 2. The molecule has 2 aromatic carbocycles. The lowest BCUT2D eigenvalue weighted by atomic mass is 9.92. The minimum atomic E-state index is -4.83. The summed E-state index contributed by atoms with van der Waals surface area (Å²) in [7, 11) is 1.21. The van der Waals surface area contributed by atoms with Gasteiger partial charge in [0.1, 0.15) is 0 Å². The van der Waals surface area contributed by atoms with Crippen LogP contribution in [0.5, 0.6) is 0 Å². The highest BCUT2D eigenvalue weighted by Gasteiger charge is 2.37. The Kier molecular flexibility index (Phi) is 11.0. The van der Waals surface area contributed by atoms with Gasteiger partial charge in [0.2, 0.25) is 5.91 Å². The van der Waals surface area contributed by atoms with Crippen LogP contribution in [0.4, 0.5) is 26.3 Å². The van der Waals surface area contributed by atoms with Gasteiger partial charge < -0.3 is 10.1 Å². The molecule has 0 bridgehead atoms. The van der Waals surface area contributed by atoms with E-state index in [0.29, 0.717) is 24.2 Å². The van der Waals surface area contributed by atoms with E-state index >= 15 is 0 Å². The fourth-order valence-corrected chi connectivity index (χ4v) is 4.39. The van der Waals surface area contributed by atoms with Crippen molar-refractivity contribution in [1.29, 1.82) is 0 Å². The van der Waals surface area contributed by atoms with Gasteiger partial charge in [-0.05, 0) is 62.1 Å². The maximum atomic E-state index is 12.5. The van der Waals surface area contributed by atoms with Crippen LogP contribution >= 0.6 is 0 Å². The molecule has 0 radical (unpaired) electrons. The van der Waals surface area contributed by atoms with Crippen molar-refractivity contribution in [3.8, 4) is 0 Å². The number of halogens is 6. The summed E-state index contributed by atoms with van der Waals surface area (Å²) in [6, 6.07) is 12.9. The third-order valence-corrected chi connectivity index (χ3v) is 6.22. The van der Waals surface area contributed by atoms with Crippen molar-refractivity contribution < 1.29 is 35.9 Å². The Bertz CT molecular complexity index is 962. The number of piperidine rings is 1. The molecule has 3 atom stereocenters. The van der Waals surface area contributed by atoms with Gasteiger partial charge >= 0.3 is 12.4 Å². The summed E-state index contributed by atoms with van der Waals surface area (Å²) in [5.41, 5.74) is -1.44. The fourth-order valence-electron chi connectivity index (χ4n) is 4.39. The van der Waals surface area contributed by atoms with Gasteiger partial charge in [0.05, 0.1) is 17.2 Å². The lowest BCUT2D eigenvalue weighted by Crippen LogP contribution is -2.48. The first-order valence-electron chi connectivity index (χ1n) is 12.1. The number of ether oxygens (including phenoxy) is 1. The number of rotatable bonds is 6. The van der Waals surface area contributed by atoms with Crippen molar-refractivity contribution in [1.82, 2.24) is 10.2 Å². The zero-order valence-corrected chi connectivity index (χ0v) is 21.4. The van der Waals surface area contributed by atoms with E-state index in [1.165, 1.54) is 19.6 Å². The molecule has 206 valence electrons. The number of nitrogens with one attached hydrogen (secondary N) is 1. The number of amides is 1. The van der Waals surface area contributed by atoms with E-state index in [0.717, 1.165) is 32.4 Å². The molecule has 0 unspecified atom stereocenters. The minimum absolute atomic E-state index is 0.0830. The molecule has 37 heavy (non-hydrogen) atoms. The number of methoxy groups -OCH3 is 1. The van der Waals surface area contributed by atoms with Crippen molar-refractivity contribution in [2.75, 3.05) is 20.2 Å². The molecule has 1 amide bonds. The molecular weight excluding hydrogens is 498 g/mol.